The third-order valence-electron chi connectivity index (χ3n) is 4.49. The summed E-state index contributed by atoms with van der Waals surface area (Å²) < 4.78 is 54.6. The summed E-state index contributed by atoms with van der Waals surface area (Å²) >= 11 is 0. The van der Waals surface area contributed by atoms with Gasteiger partial charge in [0.2, 0.25) is 5.91 Å². The molecule has 0 heterocycles. The minimum absolute atomic E-state index is 0.00214. The average Bonchev–Trinajstić information content (AvgIpc) is 2.59. The summed E-state index contributed by atoms with van der Waals surface area (Å²) in [4.78, 5) is 11.6. The van der Waals surface area contributed by atoms with Crippen LogP contribution in [-0.4, -0.2) is 18.1 Å². The lowest BCUT2D eigenvalue weighted by Gasteiger charge is -2.27. The van der Waals surface area contributed by atoms with Gasteiger partial charge in [-0.1, -0.05) is 50.2 Å². The van der Waals surface area contributed by atoms with Crippen molar-refractivity contribution >= 4 is 5.91 Å². The molecule has 28 heavy (non-hydrogen) atoms. The van der Waals surface area contributed by atoms with Crippen LogP contribution in [-0.2, 0) is 4.79 Å². The third-order valence-corrected chi connectivity index (χ3v) is 4.49. The Kier molecular flexibility index (Phi) is 6.82. The van der Waals surface area contributed by atoms with E-state index in [1.807, 2.05) is 0 Å². The summed E-state index contributed by atoms with van der Waals surface area (Å²) in [6, 6.07) is 7.18. The first kappa shape index (κ1) is 21.9. The molecule has 0 spiro atoms. The van der Waals surface area contributed by atoms with Gasteiger partial charge in [0, 0.05) is 0 Å². The first-order valence-corrected chi connectivity index (χ1v) is 8.97. The normalized spacial score (nSPS) is 14.1. The van der Waals surface area contributed by atoms with Crippen molar-refractivity contribution in [1.29, 1.82) is 0 Å². The third kappa shape index (κ3) is 5.55. The quantitative estimate of drug-likeness (QED) is 0.655. The molecule has 2 aromatic rings. The van der Waals surface area contributed by atoms with Gasteiger partial charge in [0.25, 0.3) is 0 Å². The van der Waals surface area contributed by atoms with Crippen LogP contribution in [0.1, 0.15) is 37.4 Å². The van der Waals surface area contributed by atoms with Gasteiger partial charge >= 0.3 is 6.18 Å². The number of carbonyl (C=O) groups is 1. The van der Waals surface area contributed by atoms with Gasteiger partial charge in [-0.15, -0.1) is 0 Å². The summed E-state index contributed by atoms with van der Waals surface area (Å²) in [5.74, 6) is -1.21. The molecule has 0 aliphatic rings. The average molecular weight is 396 g/mol. The fourth-order valence-corrected chi connectivity index (χ4v) is 2.96. The van der Waals surface area contributed by atoms with Gasteiger partial charge in [0.05, 0.1) is 6.04 Å². The van der Waals surface area contributed by atoms with Crippen LogP contribution >= 0.6 is 0 Å². The highest BCUT2D eigenvalue weighted by Crippen LogP contribution is 2.34. The molecule has 0 saturated carbocycles. The molecule has 0 fully saturated rings. The highest BCUT2D eigenvalue weighted by molar-refractivity contribution is 5.79. The van der Waals surface area contributed by atoms with E-state index < -0.39 is 24.2 Å². The second-order valence-corrected chi connectivity index (χ2v) is 7.31. The predicted octanol–water partition coefficient (Wildman–Crippen LogP) is 4.89. The predicted molar refractivity (Wildman–Crippen MR) is 101 cm³/mol. The Bertz CT molecular complexity index is 816. The van der Waals surface area contributed by atoms with Crippen LogP contribution in [0.15, 0.2) is 42.5 Å². The SMILES string of the molecule is Cc1ccc(-c2ccc([C@H](N[C@@H](CC(C)C)C(N)=O)C(F)(F)F)cc2)cc1F. The van der Waals surface area contributed by atoms with Crippen molar-refractivity contribution in [3.8, 4) is 11.1 Å². The van der Waals surface area contributed by atoms with E-state index in [0.717, 1.165) is 0 Å². The fourth-order valence-electron chi connectivity index (χ4n) is 2.96. The number of rotatable bonds is 7. The first-order chi connectivity index (χ1) is 13.0. The van der Waals surface area contributed by atoms with Crippen molar-refractivity contribution in [3.05, 3.63) is 59.4 Å². The Labute approximate surface area is 161 Å². The molecule has 2 rings (SSSR count). The number of hydrogen-bond acceptors (Lipinski definition) is 2. The lowest BCUT2D eigenvalue weighted by Crippen LogP contribution is -2.47. The summed E-state index contributed by atoms with van der Waals surface area (Å²) in [6.07, 6.45) is -4.41. The fraction of sp³-hybridized carbons (Fsp3) is 0.381. The van der Waals surface area contributed by atoms with Crippen LogP contribution in [0.4, 0.5) is 17.6 Å². The lowest BCUT2D eigenvalue weighted by atomic mass is 9.97. The molecule has 0 saturated heterocycles. The zero-order valence-corrected chi connectivity index (χ0v) is 16.0. The number of aryl methyl sites for hydroxylation is 1. The van der Waals surface area contributed by atoms with Crippen LogP contribution in [0.2, 0.25) is 0 Å². The van der Waals surface area contributed by atoms with E-state index in [1.54, 1.807) is 32.9 Å². The summed E-state index contributed by atoms with van der Waals surface area (Å²) in [5.41, 5.74) is 6.89. The number of hydrogen-bond donors (Lipinski definition) is 2. The van der Waals surface area contributed by atoms with Crippen LogP contribution in [0.5, 0.6) is 0 Å². The Morgan fingerprint density at radius 2 is 1.64 bits per heavy atom. The Morgan fingerprint density at radius 3 is 2.11 bits per heavy atom. The number of nitrogens with one attached hydrogen (secondary N) is 1. The summed E-state index contributed by atoms with van der Waals surface area (Å²) in [6.45, 7) is 5.24. The largest absolute Gasteiger partial charge is 0.407 e. The van der Waals surface area contributed by atoms with Crippen LogP contribution in [0.3, 0.4) is 0 Å². The maximum Gasteiger partial charge on any atom is 0.407 e. The van der Waals surface area contributed by atoms with E-state index in [-0.39, 0.29) is 23.7 Å². The molecule has 0 aromatic heterocycles. The monoisotopic (exact) mass is 396 g/mol. The minimum atomic E-state index is -4.61. The van der Waals surface area contributed by atoms with Gasteiger partial charge in [0.1, 0.15) is 11.9 Å². The van der Waals surface area contributed by atoms with E-state index in [0.29, 0.717) is 16.7 Å². The van der Waals surface area contributed by atoms with Gasteiger partial charge in [-0.2, -0.15) is 13.2 Å². The van der Waals surface area contributed by atoms with Crippen LogP contribution in [0.25, 0.3) is 11.1 Å². The molecule has 7 heteroatoms. The van der Waals surface area contributed by atoms with Crippen molar-refractivity contribution < 1.29 is 22.4 Å². The topological polar surface area (TPSA) is 55.1 Å². The number of benzene rings is 2. The lowest BCUT2D eigenvalue weighted by molar-refractivity contribution is -0.160. The number of amides is 1. The number of halogens is 4. The van der Waals surface area contributed by atoms with Crippen LogP contribution < -0.4 is 11.1 Å². The molecular weight excluding hydrogens is 372 g/mol. The van der Waals surface area contributed by atoms with Crippen LogP contribution in [0, 0.1) is 18.7 Å². The number of nitrogens with two attached hydrogens (primary N) is 1. The summed E-state index contributed by atoms with van der Waals surface area (Å²) in [7, 11) is 0. The van der Waals surface area contributed by atoms with E-state index in [1.165, 1.54) is 30.3 Å². The maximum atomic E-state index is 13.7. The molecule has 3 N–H and O–H groups in total. The van der Waals surface area contributed by atoms with Gasteiger partial charge < -0.3 is 5.73 Å². The molecule has 0 radical (unpaired) electrons. The van der Waals surface area contributed by atoms with Crippen molar-refractivity contribution in [2.45, 2.75) is 45.5 Å². The zero-order chi connectivity index (χ0) is 21.1. The van der Waals surface area contributed by atoms with Crippen molar-refractivity contribution in [2.75, 3.05) is 0 Å². The van der Waals surface area contributed by atoms with Gasteiger partial charge in [-0.3, -0.25) is 10.1 Å². The molecule has 0 bridgehead atoms. The molecule has 2 atom stereocenters. The minimum Gasteiger partial charge on any atom is -0.368 e. The smallest absolute Gasteiger partial charge is 0.368 e. The van der Waals surface area contributed by atoms with Crippen molar-refractivity contribution in [2.24, 2.45) is 11.7 Å². The molecule has 0 aliphatic carbocycles. The van der Waals surface area contributed by atoms with Gasteiger partial charge in [0.15, 0.2) is 0 Å². The van der Waals surface area contributed by atoms with E-state index in [2.05, 4.69) is 5.32 Å². The Hall–Kier alpha value is -2.41. The molecule has 2 aromatic carbocycles. The van der Waals surface area contributed by atoms with E-state index in [9.17, 15) is 22.4 Å². The van der Waals surface area contributed by atoms with Gasteiger partial charge in [-0.25, -0.2) is 4.39 Å². The van der Waals surface area contributed by atoms with Gasteiger partial charge in [-0.05, 0) is 47.6 Å². The van der Waals surface area contributed by atoms with Crippen molar-refractivity contribution in [1.82, 2.24) is 5.32 Å². The molecule has 152 valence electrons. The molecule has 0 aliphatic heterocycles. The van der Waals surface area contributed by atoms with E-state index >= 15 is 0 Å². The summed E-state index contributed by atoms with van der Waals surface area (Å²) in [5, 5.41) is 2.36. The zero-order valence-electron chi connectivity index (χ0n) is 16.0. The second kappa shape index (κ2) is 8.73. The standard InChI is InChI=1S/C21H24F4N2O/c1-12(2)10-18(20(26)28)27-19(21(23,24)25)15-8-6-14(7-9-15)16-5-4-13(3)17(22)11-16/h4-9,11-12,18-19,27H,10H2,1-3H3,(H2,26,28)/t18-,19-/m0/s1. The highest BCUT2D eigenvalue weighted by Gasteiger charge is 2.42. The van der Waals surface area contributed by atoms with E-state index in [4.69, 9.17) is 5.73 Å². The molecular formula is C21H24F4N2O. The molecule has 1 amide bonds. The second-order valence-electron chi connectivity index (χ2n) is 7.31. The molecule has 3 nitrogen and oxygen atoms in total. The number of primary amides is 1. The van der Waals surface area contributed by atoms with Crippen molar-refractivity contribution in [3.63, 3.8) is 0 Å². The highest BCUT2D eigenvalue weighted by atomic mass is 19.4. The Balaban J connectivity index is 2.31. The Morgan fingerprint density at radius 1 is 1.07 bits per heavy atom. The number of carbonyl (C=O) groups excluding carboxylic acids is 1. The first-order valence-electron chi connectivity index (χ1n) is 8.97. The number of alkyl halides is 3. The molecule has 0 unspecified atom stereocenters. The maximum absolute atomic E-state index is 13.7.